The molecule has 0 bridgehead atoms. The van der Waals surface area contributed by atoms with Crippen molar-refractivity contribution in [3.63, 3.8) is 0 Å². The zero-order chi connectivity index (χ0) is 18.6. The quantitative estimate of drug-likeness (QED) is 0.779. The zero-order valence-corrected chi connectivity index (χ0v) is 15.3. The lowest BCUT2D eigenvalue weighted by molar-refractivity contribution is -0.167. The highest BCUT2D eigenvalue weighted by Gasteiger charge is 2.49. The van der Waals surface area contributed by atoms with E-state index >= 15 is 0 Å². The number of carboxylic acid groups (broad SMARTS) is 1. The lowest BCUT2D eigenvalue weighted by Crippen LogP contribution is -2.57. The van der Waals surface area contributed by atoms with Crippen LogP contribution in [-0.2, 0) is 16.1 Å². The van der Waals surface area contributed by atoms with Crippen molar-refractivity contribution < 1.29 is 19.8 Å². The SMILES string of the molecule is Cc1ccn(CCC(=O)N2CC[C@H](O)[C@](CCC(C)C)(C(=O)O)C2)n1. The monoisotopic (exact) mass is 351 g/mol. The Morgan fingerprint density at radius 1 is 1.44 bits per heavy atom. The highest BCUT2D eigenvalue weighted by molar-refractivity contribution is 5.80. The maximum atomic E-state index is 12.5. The maximum absolute atomic E-state index is 12.5. The minimum Gasteiger partial charge on any atom is -0.481 e. The summed E-state index contributed by atoms with van der Waals surface area (Å²) in [6.07, 6.45) is 2.57. The Morgan fingerprint density at radius 3 is 2.72 bits per heavy atom. The Labute approximate surface area is 148 Å². The number of aromatic nitrogens is 2. The molecule has 1 aliphatic heterocycles. The molecule has 7 nitrogen and oxygen atoms in total. The van der Waals surface area contributed by atoms with E-state index in [4.69, 9.17) is 0 Å². The number of carboxylic acids is 1. The topological polar surface area (TPSA) is 95.7 Å². The summed E-state index contributed by atoms with van der Waals surface area (Å²) in [5.74, 6) is -0.756. The van der Waals surface area contributed by atoms with Crippen LogP contribution in [0.1, 0.15) is 45.2 Å². The summed E-state index contributed by atoms with van der Waals surface area (Å²) in [6, 6.07) is 1.88. The predicted octanol–water partition coefficient (Wildman–Crippen LogP) is 1.68. The third-order valence-corrected chi connectivity index (χ3v) is 5.06. The molecule has 25 heavy (non-hydrogen) atoms. The Kier molecular flexibility index (Phi) is 6.21. The average molecular weight is 351 g/mol. The Balaban J connectivity index is 2.03. The van der Waals surface area contributed by atoms with Crippen molar-refractivity contribution in [2.45, 2.75) is 59.1 Å². The minimum absolute atomic E-state index is 0.0766. The molecule has 7 heteroatoms. The smallest absolute Gasteiger partial charge is 0.314 e. The third kappa shape index (κ3) is 4.60. The van der Waals surface area contributed by atoms with Crippen LogP contribution < -0.4 is 0 Å². The summed E-state index contributed by atoms with van der Waals surface area (Å²) in [6.45, 7) is 6.89. The van der Waals surface area contributed by atoms with Crippen LogP contribution in [0.4, 0.5) is 0 Å². The predicted molar refractivity (Wildman–Crippen MR) is 92.9 cm³/mol. The second-order valence-corrected chi connectivity index (χ2v) is 7.48. The normalized spacial score (nSPS) is 23.9. The first kappa shape index (κ1) is 19.4. The summed E-state index contributed by atoms with van der Waals surface area (Å²) < 4.78 is 1.72. The summed E-state index contributed by atoms with van der Waals surface area (Å²) in [5, 5.41) is 24.4. The van der Waals surface area contributed by atoms with E-state index in [1.54, 1.807) is 9.58 Å². The van der Waals surface area contributed by atoms with E-state index < -0.39 is 17.5 Å². The van der Waals surface area contributed by atoms with Crippen LogP contribution in [0.2, 0.25) is 0 Å². The largest absolute Gasteiger partial charge is 0.481 e. The van der Waals surface area contributed by atoms with Crippen molar-refractivity contribution in [1.82, 2.24) is 14.7 Å². The van der Waals surface area contributed by atoms with Crippen molar-refractivity contribution in [3.05, 3.63) is 18.0 Å². The Hall–Kier alpha value is -1.89. The number of rotatable bonds is 7. The molecule has 0 aromatic carbocycles. The van der Waals surface area contributed by atoms with Gasteiger partial charge in [-0.3, -0.25) is 14.3 Å². The van der Waals surface area contributed by atoms with Crippen LogP contribution in [0.25, 0.3) is 0 Å². The number of piperidine rings is 1. The fourth-order valence-electron chi connectivity index (χ4n) is 3.36. The van der Waals surface area contributed by atoms with Crippen LogP contribution in [0.3, 0.4) is 0 Å². The molecule has 1 aromatic heterocycles. The van der Waals surface area contributed by atoms with Gasteiger partial charge in [0.05, 0.1) is 11.8 Å². The van der Waals surface area contributed by atoms with Gasteiger partial charge in [-0.05, 0) is 38.2 Å². The molecule has 0 aliphatic carbocycles. The van der Waals surface area contributed by atoms with Crippen LogP contribution in [0, 0.1) is 18.3 Å². The van der Waals surface area contributed by atoms with Crippen LogP contribution in [-0.4, -0.2) is 56.0 Å². The molecular weight excluding hydrogens is 322 g/mol. The lowest BCUT2D eigenvalue weighted by Gasteiger charge is -2.43. The van der Waals surface area contributed by atoms with Gasteiger partial charge in [-0.25, -0.2) is 0 Å². The number of carbonyl (C=O) groups excluding carboxylic acids is 1. The molecule has 0 saturated carbocycles. The van der Waals surface area contributed by atoms with E-state index in [1.165, 1.54) is 0 Å². The average Bonchev–Trinajstić information content (AvgIpc) is 2.97. The van der Waals surface area contributed by atoms with E-state index in [2.05, 4.69) is 5.10 Å². The molecule has 1 fully saturated rings. The van der Waals surface area contributed by atoms with Crippen molar-refractivity contribution in [2.24, 2.45) is 11.3 Å². The molecule has 2 heterocycles. The van der Waals surface area contributed by atoms with Gasteiger partial charge in [0, 0.05) is 32.3 Å². The second kappa shape index (κ2) is 7.99. The van der Waals surface area contributed by atoms with E-state index in [0.717, 1.165) is 5.69 Å². The summed E-state index contributed by atoms with van der Waals surface area (Å²) >= 11 is 0. The summed E-state index contributed by atoms with van der Waals surface area (Å²) in [4.78, 5) is 26.1. The molecule has 0 radical (unpaired) electrons. The van der Waals surface area contributed by atoms with Crippen molar-refractivity contribution in [3.8, 4) is 0 Å². The number of likely N-dealkylation sites (tertiary alicyclic amines) is 1. The number of hydrogen-bond donors (Lipinski definition) is 2. The fraction of sp³-hybridized carbons (Fsp3) is 0.722. The van der Waals surface area contributed by atoms with E-state index in [1.807, 2.05) is 33.0 Å². The standard InChI is InChI=1S/C18H29N3O4/c1-13(2)4-8-18(17(24)25)12-20(9-6-15(18)22)16(23)7-11-21-10-5-14(3)19-21/h5,10,13,15,22H,4,6-9,11-12H2,1-3H3,(H,24,25)/t15-,18+/m0/s1. The number of aliphatic carboxylic acids is 1. The molecular formula is C18H29N3O4. The van der Waals surface area contributed by atoms with Crippen molar-refractivity contribution >= 4 is 11.9 Å². The molecule has 140 valence electrons. The first-order chi connectivity index (χ1) is 11.7. The summed E-state index contributed by atoms with van der Waals surface area (Å²) in [5.41, 5.74) is -0.368. The van der Waals surface area contributed by atoms with Gasteiger partial charge in [-0.2, -0.15) is 5.10 Å². The van der Waals surface area contributed by atoms with E-state index in [0.29, 0.717) is 38.3 Å². The van der Waals surface area contributed by atoms with E-state index in [9.17, 15) is 19.8 Å². The number of aliphatic hydroxyl groups excluding tert-OH is 1. The van der Waals surface area contributed by atoms with Gasteiger partial charge in [0.1, 0.15) is 5.41 Å². The first-order valence-electron chi connectivity index (χ1n) is 8.94. The van der Waals surface area contributed by atoms with Crippen LogP contribution in [0.15, 0.2) is 12.3 Å². The van der Waals surface area contributed by atoms with Crippen molar-refractivity contribution in [2.75, 3.05) is 13.1 Å². The molecule has 1 aromatic rings. The van der Waals surface area contributed by atoms with Gasteiger partial charge < -0.3 is 15.1 Å². The molecule has 1 amide bonds. The van der Waals surface area contributed by atoms with Gasteiger partial charge in [-0.1, -0.05) is 13.8 Å². The first-order valence-corrected chi connectivity index (χ1v) is 8.94. The molecule has 2 rings (SSSR count). The highest BCUT2D eigenvalue weighted by Crippen LogP contribution is 2.36. The number of aryl methyl sites for hydroxylation is 2. The maximum Gasteiger partial charge on any atom is 0.314 e. The summed E-state index contributed by atoms with van der Waals surface area (Å²) in [7, 11) is 0. The molecule has 0 spiro atoms. The molecule has 2 N–H and O–H groups in total. The van der Waals surface area contributed by atoms with Gasteiger partial charge in [0.2, 0.25) is 5.91 Å². The molecule has 2 atom stereocenters. The van der Waals surface area contributed by atoms with Crippen molar-refractivity contribution in [1.29, 1.82) is 0 Å². The highest BCUT2D eigenvalue weighted by atomic mass is 16.4. The number of nitrogens with zero attached hydrogens (tertiary/aromatic N) is 3. The Morgan fingerprint density at radius 2 is 2.16 bits per heavy atom. The number of carbonyl (C=O) groups is 2. The number of aliphatic hydroxyl groups is 1. The molecule has 0 unspecified atom stereocenters. The Bertz CT molecular complexity index is 613. The van der Waals surface area contributed by atoms with Crippen LogP contribution in [0.5, 0.6) is 0 Å². The number of hydrogen-bond acceptors (Lipinski definition) is 4. The van der Waals surface area contributed by atoms with Gasteiger partial charge in [-0.15, -0.1) is 0 Å². The second-order valence-electron chi connectivity index (χ2n) is 7.48. The van der Waals surface area contributed by atoms with E-state index in [-0.39, 0.29) is 18.9 Å². The molecule has 1 aliphatic rings. The lowest BCUT2D eigenvalue weighted by atomic mass is 9.72. The van der Waals surface area contributed by atoms with Crippen LogP contribution >= 0.6 is 0 Å². The van der Waals surface area contributed by atoms with Gasteiger partial charge in [0.25, 0.3) is 0 Å². The minimum atomic E-state index is -1.26. The molecule has 1 saturated heterocycles. The third-order valence-electron chi connectivity index (χ3n) is 5.06. The zero-order valence-electron chi connectivity index (χ0n) is 15.3. The fourth-order valence-corrected chi connectivity index (χ4v) is 3.36. The number of amides is 1. The van der Waals surface area contributed by atoms with Gasteiger partial charge in [0.15, 0.2) is 0 Å². The van der Waals surface area contributed by atoms with Gasteiger partial charge >= 0.3 is 5.97 Å².